The van der Waals surface area contributed by atoms with Crippen LogP contribution in [0.3, 0.4) is 0 Å². The Bertz CT molecular complexity index is 752. The van der Waals surface area contributed by atoms with Crippen molar-refractivity contribution in [1.29, 1.82) is 0 Å². The van der Waals surface area contributed by atoms with Crippen LogP contribution in [-0.4, -0.2) is 24.2 Å². The van der Waals surface area contributed by atoms with E-state index < -0.39 is 17.4 Å². The van der Waals surface area contributed by atoms with E-state index in [-0.39, 0.29) is 16.2 Å². The number of rotatable bonds is 1. The summed E-state index contributed by atoms with van der Waals surface area (Å²) in [6, 6.07) is 4.23. The van der Waals surface area contributed by atoms with Gasteiger partial charge >= 0.3 is 11.8 Å². The predicted molar refractivity (Wildman–Crippen MR) is 72.4 cm³/mol. The van der Waals surface area contributed by atoms with E-state index in [0.29, 0.717) is 11.0 Å². The molecule has 0 saturated heterocycles. The van der Waals surface area contributed by atoms with Crippen LogP contribution in [0.4, 0.5) is 18.0 Å². The Morgan fingerprint density at radius 1 is 1.24 bits per heavy atom. The maximum atomic E-state index is 12.9. The molecule has 0 aliphatic rings. The van der Waals surface area contributed by atoms with Crippen LogP contribution < -0.4 is 5.63 Å². The van der Waals surface area contributed by atoms with Crippen LogP contribution in [0.5, 0.6) is 0 Å². The maximum absolute atomic E-state index is 12.9. The Morgan fingerprint density at radius 3 is 2.48 bits per heavy atom. The minimum Gasteiger partial charge on any atom is -0.423 e. The maximum Gasteiger partial charge on any atom is 0.417 e. The van der Waals surface area contributed by atoms with Crippen molar-refractivity contribution < 1.29 is 22.4 Å². The van der Waals surface area contributed by atoms with Gasteiger partial charge in [0.2, 0.25) is 0 Å². The van der Waals surface area contributed by atoms with E-state index in [4.69, 9.17) is 4.42 Å². The fourth-order valence-corrected chi connectivity index (χ4v) is 2.32. The van der Waals surface area contributed by atoms with Gasteiger partial charge < -0.3 is 9.32 Å². The van der Waals surface area contributed by atoms with E-state index in [1.807, 2.05) is 0 Å². The van der Waals surface area contributed by atoms with Crippen molar-refractivity contribution in [2.75, 3.05) is 14.1 Å². The monoisotopic (exact) mass is 317 g/mol. The first kappa shape index (κ1) is 15.4. The number of carbonyl (C=O) groups is 1. The second kappa shape index (κ2) is 5.44. The zero-order valence-corrected chi connectivity index (χ0v) is 11.8. The number of halogens is 3. The van der Waals surface area contributed by atoms with Crippen LogP contribution in [0.15, 0.2) is 38.4 Å². The molecule has 1 heterocycles. The van der Waals surface area contributed by atoms with Gasteiger partial charge in [0.25, 0.3) is 5.24 Å². The summed E-state index contributed by atoms with van der Waals surface area (Å²) in [7, 11) is 3.11. The fraction of sp³-hybridized carbons (Fsp3) is 0.231. The molecule has 1 aromatic heterocycles. The summed E-state index contributed by atoms with van der Waals surface area (Å²) in [5.41, 5.74) is -2.34. The number of amides is 1. The molecule has 0 spiro atoms. The summed E-state index contributed by atoms with van der Waals surface area (Å²) < 4.78 is 43.4. The zero-order chi connectivity index (χ0) is 15.8. The van der Waals surface area contributed by atoms with Gasteiger partial charge in [-0.1, -0.05) is 0 Å². The molecule has 0 bridgehead atoms. The van der Waals surface area contributed by atoms with Gasteiger partial charge in [-0.15, -0.1) is 0 Å². The van der Waals surface area contributed by atoms with Crippen molar-refractivity contribution in [2.24, 2.45) is 0 Å². The van der Waals surface area contributed by atoms with Crippen LogP contribution in [0, 0.1) is 0 Å². The lowest BCUT2D eigenvalue weighted by Crippen LogP contribution is -2.16. The Kier molecular flexibility index (Phi) is 3.99. The molecule has 0 N–H and O–H groups in total. The first-order chi connectivity index (χ1) is 9.68. The highest BCUT2D eigenvalue weighted by Crippen LogP contribution is 2.35. The van der Waals surface area contributed by atoms with E-state index in [1.54, 1.807) is 14.1 Å². The number of hydrogen-bond acceptors (Lipinski definition) is 4. The third-order valence-corrected chi connectivity index (χ3v) is 3.62. The largest absolute Gasteiger partial charge is 0.423 e. The molecule has 8 heteroatoms. The van der Waals surface area contributed by atoms with Gasteiger partial charge in [-0.3, -0.25) is 4.79 Å². The van der Waals surface area contributed by atoms with Crippen LogP contribution in [-0.2, 0) is 6.18 Å². The Morgan fingerprint density at radius 2 is 1.90 bits per heavy atom. The van der Waals surface area contributed by atoms with Gasteiger partial charge in [-0.05, 0) is 30.0 Å². The summed E-state index contributed by atoms with van der Waals surface area (Å²) in [4.78, 5) is 24.5. The van der Waals surface area contributed by atoms with Crippen molar-refractivity contribution in [3.05, 3.63) is 40.2 Å². The Labute approximate surface area is 121 Å². The highest BCUT2D eigenvalue weighted by Gasteiger charge is 2.33. The average Bonchev–Trinajstić information content (AvgIpc) is 2.36. The number of fused-ring (bicyclic) bond motifs is 1. The molecule has 1 aromatic carbocycles. The van der Waals surface area contributed by atoms with Crippen LogP contribution >= 0.6 is 11.8 Å². The second-order valence-electron chi connectivity index (χ2n) is 4.40. The summed E-state index contributed by atoms with van der Waals surface area (Å²) in [5, 5.41) is -0.507. The molecule has 0 aliphatic carbocycles. The standard InChI is InChI=1S/C13H10F3NO3S/c1-17(2)12(19)21-7-3-4-8-9(13(14,15)16)6-11(18)20-10(8)5-7/h3-6H,1-2H3. The number of thioether (sulfide) groups is 1. The van der Waals surface area contributed by atoms with Crippen molar-refractivity contribution in [2.45, 2.75) is 11.1 Å². The summed E-state index contributed by atoms with van der Waals surface area (Å²) in [6.07, 6.45) is -4.65. The molecule has 0 atom stereocenters. The van der Waals surface area contributed by atoms with Crippen LogP contribution in [0.2, 0.25) is 0 Å². The molecule has 2 rings (SSSR count). The lowest BCUT2D eigenvalue weighted by Gasteiger charge is -2.11. The van der Waals surface area contributed by atoms with E-state index in [9.17, 15) is 22.8 Å². The number of alkyl halides is 3. The van der Waals surface area contributed by atoms with Crippen LogP contribution in [0.1, 0.15) is 5.56 Å². The van der Waals surface area contributed by atoms with Crippen LogP contribution in [0.25, 0.3) is 11.0 Å². The number of carbonyl (C=O) groups excluding carboxylic acids is 1. The summed E-state index contributed by atoms with van der Waals surface area (Å²) in [6.45, 7) is 0. The van der Waals surface area contributed by atoms with Gasteiger partial charge in [0.15, 0.2) is 0 Å². The lowest BCUT2D eigenvalue weighted by molar-refractivity contribution is -0.136. The highest BCUT2D eigenvalue weighted by molar-refractivity contribution is 8.13. The SMILES string of the molecule is CN(C)C(=O)Sc1ccc2c(C(F)(F)F)cc(=O)oc2c1. The van der Waals surface area contributed by atoms with Gasteiger partial charge in [0.05, 0.1) is 5.56 Å². The molecule has 2 aromatic rings. The first-order valence-corrected chi connectivity index (χ1v) is 6.54. The quantitative estimate of drug-likeness (QED) is 0.596. The van der Waals surface area contributed by atoms with Gasteiger partial charge in [0, 0.05) is 30.4 Å². The fourth-order valence-electron chi connectivity index (χ4n) is 1.63. The van der Waals surface area contributed by atoms with Crippen molar-refractivity contribution in [3.63, 3.8) is 0 Å². The van der Waals surface area contributed by atoms with E-state index in [0.717, 1.165) is 11.8 Å². The van der Waals surface area contributed by atoms with Gasteiger partial charge in [-0.25, -0.2) is 4.79 Å². The Balaban J connectivity index is 2.55. The molecule has 112 valence electrons. The molecule has 1 amide bonds. The third-order valence-electron chi connectivity index (χ3n) is 2.59. The molecule has 0 aliphatic heterocycles. The summed E-state index contributed by atoms with van der Waals surface area (Å²) in [5.74, 6) is 0. The number of nitrogens with zero attached hydrogens (tertiary/aromatic N) is 1. The third kappa shape index (κ3) is 3.38. The zero-order valence-electron chi connectivity index (χ0n) is 11.0. The molecule has 0 unspecified atom stereocenters. The van der Waals surface area contributed by atoms with Crippen molar-refractivity contribution >= 4 is 28.0 Å². The minimum absolute atomic E-state index is 0.202. The summed E-state index contributed by atoms with van der Waals surface area (Å²) >= 11 is 0.829. The molecule has 0 saturated carbocycles. The number of hydrogen-bond donors (Lipinski definition) is 0. The molecule has 4 nitrogen and oxygen atoms in total. The topological polar surface area (TPSA) is 50.5 Å². The van der Waals surface area contributed by atoms with Crippen molar-refractivity contribution in [1.82, 2.24) is 4.90 Å². The predicted octanol–water partition coefficient (Wildman–Crippen LogP) is 3.59. The first-order valence-electron chi connectivity index (χ1n) is 5.73. The van der Waals surface area contributed by atoms with Gasteiger partial charge in [-0.2, -0.15) is 13.2 Å². The average molecular weight is 317 g/mol. The molecule has 0 radical (unpaired) electrons. The molecular formula is C13H10F3NO3S. The van der Waals surface area contributed by atoms with Gasteiger partial charge in [0.1, 0.15) is 5.58 Å². The van der Waals surface area contributed by atoms with E-state index >= 15 is 0 Å². The molecule has 21 heavy (non-hydrogen) atoms. The molecule has 0 fully saturated rings. The normalized spacial score (nSPS) is 11.7. The smallest absolute Gasteiger partial charge is 0.417 e. The van der Waals surface area contributed by atoms with Crippen molar-refractivity contribution in [3.8, 4) is 0 Å². The second-order valence-corrected chi connectivity index (χ2v) is 5.42. The van der Waals surface area contributed by atoms with E-state index in [1.165, 1.54) is 23.1 Å². The Hall–Kier alpha value is -1.96. The lowest BCUT2D eigenvalue weighted by atomic mass is 10.1. The molecular weight excluding hydrogens is 307 g/mol. The minimum atomic E-state index is -4.65. The highest BCUT2D eigenvalue weighted by atomic mass is 32.2. The van der Waals surface area contributed by atoms with E-state index in [2.05, 4.69) is 0 Å². The number of benzene rings is 1.